The number of fused-ring (bicyclic) bond motifs is 1. The van der Waals surface area contributed by atoms with Gasteiger partial charge in [-0.3, -0.25) is 0 Å². The average Bonchev–Trinajstić information content (AvgIpc) is 3.21. The molecule has 2 aliphatic rings. The highest BCUT2D eigenvalue weighted by atomic mass is 32.1. The van der Waals surface area contributed by atoms with E-state index in [4.69, 9.17) is 14.7 Å². The van der Waals surface area contributed by atoms with Crippen LogP contribution in [-0.2, 0) is 11.3 Å². The molecule has 2 N–H and O–H groups in total. The quantitative estimate of drug-likeness (QED) is 0.656. The summed E-state index contributed by atoms with van der Waals surface area (Å²) in [6, 6.07) is 11.1. The van der Waals surface area contributed by atoms with Crippen LogP contribution in [0.25, 0.3) is 21.3 Å². The van der Waals surface area contributed by atoms with Crippen molar-refractivity contribution in [1.29, 1.82) is 0 Å². The summed E-state index contributed by atoms with van der Waals surface area (Å²) in [5.41, 5.74) is 2.48. The molecule has 5 rings (SSSR count). The summed E-state index contributed by atoms with van der Waals surface area (Å²) >= 11 is 1.74. The molecule has 2 atom stereocenters. The van der Waals surface area contributed by atoms with Gasteiger partial charge in [0.25, 0.3) is 0 Å². The monoisotopic (exact) mass is 423 g/mol. The number of ether oxygens (including phenoxy) is 1. The summed E-state index contributed by atoms with van der Waals surface area (Å²) in [4.78, 5) is 12.7. The number of anilines is 1. The smallest absolute Gasteiger partial charge is 0.187 e. The minimum Gasteiger partial charge on any atom is -0.370 e. The molecule has 0 bridgehead atoms. The van der Waals surface area contributed by atoms with Crippen molar-refractivity contribution in [3.63, 3.8) is 0 Å². The molecule has 0 radical (unpaired) electrons. The van der Waals surface area contributed by atoms with Gasteiger partial charge in [-0.2, -0.15) is 0 Å². The maximum atomic E-state index is 5.52. The van der Waals surface area contributed by atoms with Crippen LogP contribution in [0.2, 0.25) is 0 Å². The van der Waals surface area contributed by atoms with Crippen LogP contribution in [0.5, 0.6) is 0 Å². The van der Waals surface area contributed by atoms with Gasteiger partial charge in [0, 0.05) is 17.0 Å². The molecule has 5 nitrogen and oxygen atoms in total. The molecule has 1 aliphatic carbocycles. The minimum absolute atomic E-state index is 0.490. The molecular formula is C24H31N4OS+. The number of thiophene rings is 1. The molecule has 2 fully saturated rings. The highest BCUT2D eigenvalue weighted by Gasteiger charge is 2.25. The Balaban J connectivity index is 1.54. The Morgan fingerprint density at radius 3 is 2.70 bits per heavy atom. The Labute approximate surface area is 182 Å². The number of rotatable bonds is 5. The van der Waals surface area contributed by atoms with Crippen LogP contribution >= 0.6 is 11.3 Å². The molecule has 3 heterocycles. The van der Waals surface area contributed by atoms with E-state index >= 15 is 0 Å². The summed E-state index contributed by atoms with van der Waals surface area (Å²) in [5.74, 6) is 2.66. The van der Waals surface area contributed by atoms with E-state index in [1.54, 1.807) is 11.3 Å². The summed E-state index contributed by atoms with van der Waals surface area (Å²) in [6.45, 7) is 6.97. The molecule has 1 saturated carbocycles. The second-order valence-electron chi connectivity index (χ2n) is 8.74. The van der Waals surface area contributed by atoms with Crippen LogP contribution in [0.3, 0.4) is 0 Å². The first-order valence-electron chi connectivity index (χ1n) is 11.3. The van der Waals surface area contributed by atoms with Crippen molar-refractivity contribution >= 4 is 27.4 Å². The van der Waals surface area contributed by atoms with Crippen LogP contribution in [0.4, 0.5) is 5.82 Å². The van der Waals surface area contributed by atoms with Gasteiger partial charge in [-0.1, -0.05) is 50.1 Å². The predicted molar refractivity (Wildman–Crippen MR) is 123 cm³/mol. The number of aromatic nitrogens is 2. The van der Waals surface area contributed by atoms with Crippen molar-refractivity contribution in [2.24, 2.45) is 5.92 Å². The zero-order valence-corrected chi connectivity index (χ0v) is 18.5. The van der Waals surface area contributed by atoms with Gasteiger partial charge in [-0.05, 0) is 24.3 Å². The predicted octanol–water partition coefficient (Wildman–Crippen LogP) is 3.76. The normalized spacial score (nSPS) is 23.0. The standard InChI is InChI=1S/C24H30N4OS/c1-17-7-5-6-10-20(17)25-23-22-19(18-8-3-2-4-9-18)16-30-24(22)27-21(26-23)15-28-11-13-29-14-12-28/h2-4,8-9,16-17,20H,5-7,10-15H2,1H3,(H,25,26,27)/p+1/t17-,20-/m1/s1. The van der Waals surface area contributed by atoms with E-state index in [2.05, 4.69) is 48.0 Å². The van der Waals surface area contributed by atoms with E-state index < -0.39 is 0 Å². The molecule has 158 valence electrons. The second kappa shape index (κ2) is 9.00. The van der Waals surface area contributed by atoms with Gasteiger partial charge in [0.1, 0.15) is 30.3 Å². The van der Waals surface area contributed by atoms with Crippen molar-refractivity contribution in [2.45, 2.75) is 45.2 Å². The molecule has 2 aromatic heterocycles. The summed E-state index contributed by atoms with van der Waals surface area (Å²) in [6.07, 6.45) is 5.17. The lowest BCUT2D eigenvalue weighted by Crippen LogP contribution is -3.12. The van der Waals surface area contributed by atoms with Crippen LogP contribution in [-0.4, -0.2) is 42.3 Å². The molecule has 3 aromatic rings. The Bertz CT molecular complexity index is 984. The maximum absolute atomic E-state index is 5.52. The van der Waals surface area contributed by atoms with Gasteiger partial charge in [-0.15, -0.1) is 11.3 Å². The summed E-state index contributed by atoms with van der Waals surface area (Å²) in [7, 11) is 0. The maximum Gasteiger partial charge on any atom is 0.187 e. The number of nitrogens with zero attached hydrogens (tertiary/aromatic N) is 2. The van der Waals surface area contributed by atoms with E-state index in [0.717, 1.165) is 49.3 Å². The topological polar surface area (TPSA) is 51.5 Å². The SMILES string of the molecule is C[C@@H]1CCCC[C@H]1Nc1nc(C[NH+]2CCOCC2)nc2scc(-c3ccccc3)c12. The number of hydrogen-bond acceptors (Lipinski definition) is 5. The first kappa shape index (κ1) is 19.9. The number of morpholine rings is 1. The fourth-order valence-corrected chi connectivity index (χ4v) is 5.73. The number of hydrogen-bond donors (Lipinski definition) is 2. The molecular weight excluding hydrogens is 392 g/mol. The molecule has 0 amide bonds. The molecule has 0 spiro atoms. The third-order valence-corrected chi connectivity index (χ3v) is 7.48. The van der Waals surface area contributed by atoms with Crippen molar-refractivity contribution in [1.82, 2.24) is 9.97 Å². The molecule has 30 heavy (non-hydrogen) atoms. The number of benzene rings is 1. The van der Waals surface area contributed by atoms with Gasteiger partial charge in [0.15, 0.2) is 5.82 Å². The first-order chi connectivity index (χ1) is 14.8. The van der Waals surface area contributed by atoms with E-state index in [9.17, 15) is 0 Å². The van der Waals surface area contributed by atoms with Crippen molar-refractivity contribution in [3.05, 3.63) is 41.5 Å². The number of nitrogens with one attached hydrogen (secondary N) is 2. The van der Waals surface area contributed by atoms with E-state index in [0.29, 0.717) is 12.0 Å². The van der Waals surface area contributed by atoms with Crippen molar-refractivity contribution in [3.8, 4) is 11.1 Å². The average molecular weight is 424 g/mol. The van der Waals surface area contributed by atoms with Gasteiger partial charge in [-0.25, -0.2) is 9.97 Å². The van der Waals surface area contributed by atoms with Crippen LogP contribution < -0.4 is 10.2 Å². The molecule has 1 aliphatic heterocycles. The molecule has 1 aromatic carbocycles. The summed E-state index contributed by atoms with van der Waals surface area (Å²) < 4.78 is 5.52. The third-order valence-electron chi connectivity index (χ3n) is 6.61. The fraction of sp³-hybridized carbons (Fsp3) is 0.500. The van der Waals surface area contributed by atoms with Crippen LogP contribution in [0, 0.1) is 5.92 Å². The van der Waals surface area contributed by atoms with Crippen molar-refractivity contribution in [2.75, 3.05) is 31.6 Å². The minimum atomic E-state index is 0.490. The Hall–Kier alpha value is -2.02. The zero-order chi connectivity index (χ0) is 20.3. The van der Waals surface area contributed by atoms with Gasteiger partial charge >= 0.3 is 0 Å². The van der Waals surface area contributed by atoms with Gasteiger partial charge in [0.05, 0.1) is 18.6 Å². The van der Waals surface area contributed by atoms with Gasteiger partial charge in [0.2, 0.25) is 0 Å². The lowest BCUT2D eigenvalue weighted by atomic mass is 9.86. The van der Waals surface area contributed by atoms with Crippen LogP contribution in [0.1, 0.15) is 38.4 Å². The molecule has 0 unspecified atom stereocenters. The first-order valence-corrected chi connectivity index (χ1v) is 12.2. The largest absolute Gasteiger partial charge is 0.370 e. The highest BCUT2D eigenvalue weighted by Crippen LogP contribution is 2.38. The van der Waals surface area contributed by atoms with E-state index in [1.165, 1.54) is 47.1 Å². The lowest BCUT2D eigenvalue weighted by molar-refractivity contribution is -0.922. The van der Waals surface area contributed by atoms with Crippen molar-refractivity contribution < 1.29 is 9.64 Å². The Kier molecular flexibility index (Phi) is 5.97. The second-order valence-corrected chi connectivity index (χ2v) is 9.59. The van der Waals surface area contributed by atoms with Crippen LogP contribution in [0.15, 0.2) is 35.7 Å². The van der Waals surface area contributed by atoms with Gasteiger partial charge < -0.3 is 15.0 Å². The summed E-state index contributed by atoms with van der Waals surface area (Å²) in [5, 5.41) is 7.30. The number of quaternary nitrogens is 1. The Morgan fingerprint density at radius 1 is 1.10 bits per heavy atom. The molecule has 1 saturated heterocycles. The highest BCUT2D eigenvalue weighted by molar-refractivity contribution is 7.17. The van der Waals surface area contributed by atoms with E-state index in [-0.39, 0.29) is 0 Å². The lowest BCUT2D eigenvalue weighted by Gasteiger charge is -2.30. The molecule has 6 heteroatoms. The zero-order valence-electron chi connectivity index (χ0n) is 17.7. The fourth-order valence-electron chi connectivity index (χ4n) is 4.77. The van der Waals surface area contributed by atoms with E-state index in [1.807, 2.05) is 0 Å². The third kappa shape index (κ3) is 4.22. The Morgan fingerprint density at radius 2 is 1.90 bits per heavy atom.